The van der Waals surface area contributed by atoms with Crippen LogP contribution < -0.4 is 5.32 Å². The monoisotopic (exact) mass is 239 g/mol. The van der Waals surface area contributed by atoms with Crippen LogP contribution in [-0.2, 0) is 0 Å². The van der Waals surface area contributed by atoms with Gasteiger partial charge in [0.1, 0.15) is 5.82 Å². The molecule has 0 radical (unpaired) electrons. The van der Waals surface area contributed by atoms with Crippen molar-refractivity contribution in [1.29, 1.82) is 0 Å². The lowest BCUT2D eigenvalue weighted by Crippen LogP contribution is -2.18. The third-order valence-electron chi connectivity index (χ3n) is 2.43. The van der Waals surface area contributed by atoms with Crippen molar-refractivity contribution in [2.24, 2.45) is 0 Å². The Morgan fingerprint density at radius 3 is 2.81 bits per heavy atom. The summed E-state index contributed by atoms with van der Waals surface area (Å²) in [5.41, 5.74) is 1.38. The van der Waals surface area contributed by atoms with Gasteiger partial charge in [0.2, 0.25) is 0 Å². The van der Waals surface area contributed by atoms with E-state index in [2.05, 4.69) is 5.32 Å². The van der Waals surface area contributed by atoms with Crippen LogP contribution in [0.2, 0.25) is 5.02 Å². The van der Waals surface area contributed by atoms with Gasteiger partial charge in [0.15, 0.2) is 0 Å². The molecule has 1 N–H and O–H groups in total. The van der Waals surface area contributed by atoms with Gasteiger partial charge in [-0.05, 0) is 31.3 Å². The number of rotatable bonds is 3. The van der Waals surface area contributed by atoms with E-state index >= 15 is 0 Å². The van der Waals surface area contributed by atoms with E-state index in [1.165, 1.54) is 12.1 Å². The van der Waals surface area contributed by atoms with E-state index in [9.17, 15) is 4.39 Å². The van der Waals surface area contributed by atoms with Gasteiger partial charge < -0.3 is 9.73 Å². The van der Waals surface area contributed by atoms with Crippen LogP contribution in [-0.4, -0.2) is 7.05 Å². The quantitative estimate of drug-likeness (QED) is 0.888. The number of benzene rings is 1. The number of halogens is 2. The van der Waals surface area contributed by atoms with Crippen molar-refractivity contribution in [3.63, 3.8) is 0 Å². The van der Waals surface area contributed by atoms with Crippen molar-refractivity contribution in [1.82, 2.24) is 5.32 Å². The molecular formula is C12H11ClFNO. The molecule has 0 aliphatic carbocycles. The number of hydrogen-bond acceptors (Lipinski definition) is 2. The molecular weight excluding hydrogens is 229 g/mol. The first-order valence-electron chi connectivity index (χ1n) is 4.86. The lowest BCUT2D eigenvalue weighted by atomic mass is 10.0. The topological polar surface area (TPSA) is 25.2 Å². The molecule has 1 atom stereocenters. The minimum atomic E-state index is -0.287. The van der Waals surface area contributed by atoms with Crippen LogP contribution in [0.15, 0.2) is 41.2 Å². The van der Waals surface area contributed by atoms with E-state index in [0.717, 1.165) is 5.56 Å². The minimum absolute atomic E-state index is 0.252. The Morgan fingerprint density at radius 2 is 2.19 bits per heavy atom. The zero-order chi connectivity index (χ0) is 11.5. The highest BCUT2D eigenvalue weighted by atomic mass is 35.5. The molecule has 0 saturated heterocycles. The van der Waals surface area contributed by atoms with Crippen LogP contribution in [0.1, 0.15) is 17.2 Å². The molecule has 0 aliphatic rings. The average Bonchev–Trinajstić information content (AvgIpc) is 2.78. The number of furan rings is 1. The molecule has 0 aliphatic heterocycles. The van der Waals surface area contributed by atoms with Gasteiger partial charge in [-0.25, -0.2) is 4.39 Å². The van der Waals surface area contributed by atoms with Crippen molar-refractivity contribution in [2.45, 2.75) is 6.04 Å². The molecule has 2 rings (SSSR count). The second-order valence-corrected chi connectivity index (χ2v) is 3.88. The van der Waals surface area contributed by atoms with Gasteiger partial charge in [0, 0.05) is 16.1 Å². The second-order valence-electron chi connectivity index (χ2n) is 3.44. The second kappa shape index (κ2) is 4.68. The van der Waals surface area contributed by atoms with E-state index in [1.807, 2.05) is 0 Å². The van der Waals surface area contributed by atoms with Crippen molar-refractivity contribution in [3.05, 3.63) is 58.8 Å². The van der Waals surface area contributed by atoms with Gasteiger partial charge in [0.25, 0.3) is 0 Å². The summed E-state index contributed by atoms with van der Waals surface area (Å²) in [4.78, 5) is 0. The Bertz CT molecular complexity index is 470. The van der Waals surface area contributed by atoms with Crippen molar-refractivity contribution in [3.8, 4) is 0 Å². The summed E-state index contributed by atoms with van der Waals surface area (Å²) in [7, 11) is 1.76. The van der Waals surface area contributed by atoms with Crippen LogP contribution in [0, 0.1) is 5.82 Å². The van der Waals surface area contributed by atoms with E-state index < -0.39 is 0 Å². The molecule has 4 heteroatoms. The summed E-state index contributed by atoms with van der Waals surface area (Å²) in [6, 6.07) is 6.05. The van der Waals surface area contributed by atoms with Gasteiger partial charge in [-0.15, -0.1) is 0 Å². The van der Waals surface area contributed by atoms with Crippen LogP contribution in [0.4, 0.5) is 4.39 Å². The molecule has 2 nitrogen and oxygen atoms in total. The average molecular weight is 240 g/mol. The Morgan fingerprint density at radius 1 is 1.38 bits per heavy atom. The van der Waals surface area contributed by atoms with Crippen molar-refractivity contribution in [2.75, 3.05) is 7.05 Å². The first kappa shape index (κ1) is 11.2. The largest absolute Gasteiger partial charge is 0.472 e. The maximum atomic E-state index is 13.7. The lowest BCUT2D eigenvalue weighted by molar-refractivity contribution is 0.548. The number of hydrogen-bond donors (Lipinski definition) is 1. The highest BCUT2D eigenvalue weighted by molar-refractivity contribution is 6.30. The third-order valence-corrected chi connectivity index (χ3v) is 2.67. The van der Waals surface area contributed by atoms with Gasteiger partial charge in [0.05, 0.1) is 18.6 Å². The van der Waals surface area contributed by atoms with Gasteiger partial charge in [-0.2, -0.15) is 0 Å². The summed E-state index contributed by atoms with van der Waals surface area (Å²) in [5, 5.41) is 3.54. The molecule has 0 spiro atoms. The molecule has 1 aromatic heterocycles. The molecule has 1 heterocycles. The normalized spacial score (nSPS) is 12.7. The molecule has 16 heavy (non-hydrogen) atoms. The molecule has 0 saturated carbocycles. The van der Waals surface area contributed by atoms with Gasteiger partial charge in [-0.1, -0.05) is 11.6 Å². The maximum Gasteiger partial charge on any atom is 0.128 e. The maximum absolute atomic E-state index is 13.7. The molecule has 84 valence electrons. The standard InChI is InChI=1S/C12H11ClFNO/c1-15-12(8-4-5-16-7-8)10-6-9(13)2-3-11(10)14/h2-7,12,15H,1H3. The van der Waals surface area contributed by atoms with Gasteiger partial charge in [-0.3, -0.25) is 0 Å². The van der Waals surface area contributed by atoms with Crippen LogP contribution >= 0.6 is 11.6 Å². The summed E-state index contributed by atoms with van der Waals surface area (Å²) in [6.07, 6.45) is 3.14. The highest BCUT2D eigenvalue weighted by Crippen LogP contribution is 2.26. The third kappa shape index (κ3) is 2.10. The Balaban J connectivity index is 2.44. The van der Waals surface area contributed by atoms with Crippen LogP contribution in [0.3, 0.4) is 0 Å². The molecule has 0 bridgehead atoms. The Labute approximate surface area is 98.0 Å². The van der Waals surface area contributed by atoms with Crippen LogP contribution in [0.25, 0.3) is 0 Å². The molecule has 1 aromatic carbocycles. The summed E-state index contributed by atoms with van der Waals surface area (Å²) >= 11 is 5.86. The highest BCUT2D eigenvalue weighted by Gasteiger charge is 2.17. The summed E-state index contributed by atoms with van der Waals surface area (Å²) in [5.74, 6) is -0.287. The fourth-order valence-electron chi connectivity index (χ4n) is 1.68. The van der Waals surface area contributed by atoms with Crippen LogP contribution in [0.5, 0.6) is 0 Å². The van der Waals surface area contributed by atoms with Crippen molar-refractivity contribution < 1.29 is 8.81 Å². The van der Waals surface area contributed by atoms with Gasteiger partial charge >= 0.3 is 0 Å². The van der Waals surface area contributed by atoms with E-state index in [1.54, 1.807) is 31.7 Å². The van der Waals surface area contributed by atoms with E-state index in [0.29, 0.717) is 10.6 Å². The summed E-state index contributed by atoms with van der Waals surface area (Å²) in [6.45, 7) is 0. The lowest BCUT2D eigenvalue weighted by Gasteiger charge is -2.15. The fourth-order valence-corrected chi connectivity index (χ4v) is 1.86. The Hall–Kier alpha value is -1.32. The predicted molar refractivity (Wildman–Crippen MR) is 61.0 cm³/mol. The Kier molecular flexibility index (Phi) is 3.27. The summed E-state index contributed by atoms with van der Waals surface area (Å²) < 4.78 is 18.7. The molecule has 0 amide bonds. The van der Waals surface area contributed by atoms with Crippen molar-refractivity contribution >= 4 is 11.6 Å². The SMILES string of the molecule is CNC(c1ccoc1)c1cc(Cl)ccc1F. The molecule has 1 unspecified atom stereocenters. The number of nitrogens with one attached hydrogen (secondary N) is 1. The van der Waals surface area contributed by atoms with E-state index in [-0.39, 0.29) is 11.9 Å². The fraction of sp³-hybridized carbons (Fsp3) is 0.167. The first-order valence-corrected chi connectivity index (χ1v) is 5.24. The zero-order valence-electron chi connectivity index (χ0n) is 8.71. The first-order chi connectivity index (χ1) is 7.72. The molecule has 2 aromatic rings. The predicted octanol–water partition coefficient (Wildman–Crippen LogP) is 3.38. The van der Waals surface area contributed by atoms with E-state index in [4.69, 9.17) is 16.0 Å². The zero-order valence-corrected chi connectivity index (χ0v) is 9.46. The minimum Gasteiger partial charge on any atom is -0.472 e. The smallest absolute Gasteiger partial charge is 0.128 e. The molecule has 0 fully saturated rings.